The number of benzene rings is 1. The molecule has 2 aliphatic rings. The molecule has 0 aliphatic carbocycles. The summed E-state index contributed by atoms with van der Waals surface area (Å²) in [6, 6.07) is 7.78. The minimum Gasteiger partial charge on any atom is -0.381 e. The Morgan fingerprint density at radius 3 is 2.54 bits per heavy atom. The van der Waals surface area contributed by atoms with Crippen LogP contribution in [0.2, 0.25) is 0 Å². The van der Waals surface area contributed by atoms with E-state index in [2.05, 4.69) is 9.88 Å². The van der Waals surface area contributed by atoms with E-state index in [1.54, 1.807) is 13.2 Å². The van der Waals surface area contributed by atoms with Gasteiger partial charge in [0.1, 0.15) is 6.54 Å². The Balaban J connectivity index is 1.33. The Morgan fingerprint density at radius 2 is 1.82 bits per heavy atom. The van der Waals surface area contributed by atoms with Crippen LogP contribution in [-0.2, 0) is 16.1 Å². The highest BCUT2D eigenvalue weighted by Gasteiger charge is 2.29. The molecule has 7 nitrogen and oxygen atoms in total. The highest BCUT2D eigenvalue weighted by Crippen LogP contribution is 2.22. The van der Waals surface area contributed by atoms with Crippen LogP contribution < -0.4 is 5.56 Å². The second-order valence-electron chi connectivity index (χ2n) is 7.78. The first-order valence-corrected chi connectivity index (χ1v) is 10.1. The largest absolute Gasteiger partial charge is 0.381 e. The number of carbonyl (C=O) groups is 1. The van der Waals surface area contributed by atoms with Gasteiger partial charge in [-0.05, 0) is 37.8 Å². The molecule has 4 rings (SSSR count). The topological polar surface area (TPSA) is 67.7 Å². The molecule has 0 spiro atoms. The number of fused-ring (bicyclic) bond motifs is 1. The Morgan fingerprint density at radius 1 is 1.11 bits per heavy atom. The lowest BCUT2D eigenvalue weighted by Gasteiger charge is -2.41. The molecule has 2 aliphatic heterocycles. The fraction of sp³-hybridized carbons (Fsp3) is 0.571. The third kappa shape index (κ3) is 3.95. The molecule has 2 fully saturated rings. The van der Waals surface area contributed by atoms with Gasteiger partial charge in [-0.2, -0.15) is 0 Å². The molecule has 1 aromatic carbocycles. The maximum atomic E-state index is 12.7. The molecular weight excluding hydrogens is 356 g/mol. The van der Waals surface area contributed by atoms with Crippen molar-refractivity contribution in [3.63, 3.8) is 0 Å². The number of likely N-dealkylation sites (tertiary alicyclic amines) is 2. The molecule has 7 heteroatoms. The second kappa shape index (κ2) is 8.41. The fourth-order valence-corrected chi connectivity index (χ4v) is 4.42. The summed E-state index contributed by atoms with van der Waals surface area (Å²) < 4.78 is 6.88. The predicted molar refractivity (Wildman–Crippen MR) is 107 cm³/mol. The lowest BCUT2D eigenvalue weighted by Crippen LogP contribution is -2.50. The van der Waals surface area contributed by atoms with Crippen LogP contribution in [0.5, 0.6) is 0 Å². The number of hydrogen-bond acceptors (Lipinski definition) is 5. The summed E-state index contributed by atoms with van der Waals surface area (Å²) in [6.45, 7) is 3.72. The van der Waals surface area contributed by atoms with Gasteiger partial charge in [0, 0.05) is 39.3 Å². The summed E-state index contributed by atoms with van der Waals surface area (Å²) in [4.78, 5) is 34.1. The van der Waals surface area contributed by atoms with Gasteiger partial charge in [0.05, 0.1) is 23.3 Å². The van der Waals surface area contributed by atoms with Crippen LogP contribution >= 0.6 is 0 Å². The van der Waals surface area contributed by atoms with Crippen LogP contribution in [0.3, 0.4) is 0 Å². The Hall–Kier alpha value is -2.25. The van der Waals surface area contributed by atoms with Crippen LogP contribution in [-0.4, -0.2) is 70.7 Å². The minimum atomic E-state index is -0.158. The van der Waals surface area contributed by atoms with E-state index in [0.717, 1.165) is 51.9 Å². The SMILES string of the molecule is COC1CCN(C2CCN(C(=O)Cn3cnc4ccccc4c3=O)CC2)CC1. The number of carbonyl (C=O) groups excluding carboxylic acids is 1. The Bertz CT molecular complexity index is 881. The van der Waals surface area contributed by atoms with Gasteiger partial charge in [-0.3, -0.25) is 14.2 Å². The van der Waals surface area contributed by atoms with Gasteiger partial charge in [0.25, 0.3) is 5.56 Å². The number of hydrogen-bond donors (Lipinski definition) is 0. The molecule has 0 N–H and O–H groups in total. The van der Waals surface area contributed by atoms with Gasteiger partial charge >= 0.3 is 0 Å². The molecule has 28 heavy (non-hydrogen) atoms. The molecule has 1 amide bonds. The lowest BCUT2D eigenvalue weighted by molar-refractivity contribution is -0.133. The normalized spacial score (nSPS) is 20.0. The molecule has 1 aromatic heterocycles. The fourth-order valence-electron chi connectivity index (χ4n) is 4.42. The third-order valence-corrected chi connectivity index (χ3v) is 6.18. The summed E-state index contributed by atoms with van der Waals surface area (Å²) in [5, 5.41) is 0.552. The van der Waals surface area contributed by atoms with Crippen molar-refractivity contribution >= 4 is 16.8 Å². The average Bonchev–Trinajstić information content (AvgIpc) is 2.76. The Labute approximate surface area is 164 Å². The van der Waals surface area contributed by atoms with Gasteiger partial charge in [0.2, 0.25) is 5.91 Å². The number of amides is 1. The van der Waals surface area contributed by atoms with E-state index >= 15 is 0 Å². The zero-order valence-electron chi connectivity index (χ0n) is 16.4. The molecule has 0 saturated carbocycles. The summed E-state index contributed by atoms with van der Waals surface area (Å²) in [5.41, 5.74) is 0.504. The van der Waals surface area contributed by atoms with Gasteiger partial charge in [0.15, 0.2) is 0 Å². The number of methoxy groups -OCH3 is 1. The van der Waals surface area contributed by atoms with Gasteiger partial charge < -0.3 is 14.5 Å². The molecule has 0 radical (unpaired) electrons. The van der Waals surface area contributed by atoms with E-state index in [0.29, 0.717) is 23.0 Å². The first kappa shape index (κ1) is 19.1. The van der Waals surface area contributed by atoms with Crippen molar-refractivity contribution in [2.45, 2.75) is 44.4 Å². The molecule has 0 atom stereocenters. The van der Waals surface area contributed by atoms with Crippen molar-refractivity contribution in [1.82, 2.24) is 19.4 Å². The number of aromatic nitrogens is 2. The summed E-state index contributed by atoms with van der Waals surface area (Å²) >= 11 is 0. The Kier molecular flexibility index (Phi) is 5.73. The second-order valence-corrected chi connectivity index (χ2v) is 7.78. The third-order valence-electron chi connectivity index (χ3n) is 6.18. The van der Waals surface area contributed by atoms with Crippen molar-refractivity contribution < 1.29 is 9.53 Å². The zero-order chi connectivity index (χ0) is 19.5. The highest BCUT2D eigenvalue weighted by molar-refractivity contribution is 5.79. The van der Waals surface area contributed by atoms with Gasteiger partial charge in [-0.25, -0.2) is 4.98 Å². The van der Waals surface area contributed by atoms with E-state index in [-0.39, 0.29) is 18.0 Å². The maximum Gasteiger partial charge on any atom is 0.261 e. The summed E-state index contributed by atoms with van der Waals surface area (Å²) in [5.74, 6) is -0.00396. The molecule has 0 bridgehead atoms. The smallest absolute Gasteiger partial charge is 0.261 e. The number of ether oxygens (including phenoxy) is 1. The van der Waals surface area contributed by atoms with Crippen molar-refractivity contribution in [2.24, 2.45) is 0 Å². The average molecular weight is 384 g/mol. The monoisotopic (exact) mass is 384 g/mol. The zero-order valence-corrected chi connectivity index (χ0v) is 16.4. The van der Waals surface area contributed by atoms with Crippen LogP contribution in [0.25, 0.3) is 10.9 Å². The van der Waals surface area contributed by atoms with Crippen LogP contribution in [0.15, 0.2) is 35.4 Å². The van der Waals surface area contributed by atoms with E-state index in [9.17, 15) is 9.59 Å². The van der Waals surface area contributed by atoms with E-state index in [1.807, 2.05) is 23.1 Å². The van der Waals surface area contributed by atoms with E-state index in [4.69, 9.17) is 4.74 Å². The van der Waals surface area contributed by atoms with Crippen molar-refractivity contribution in [2.75, 3.05) is 33.3 Å². The standard InChI is InChI=1S/C21H28N4O3/c1-28-17-8-12-23(13-9-17)16-6-10-24(11-7-16)20(26)14-25-15-22-19-5-3-2-4-18(19)21(25)27/h2-5,15-17H,6-14H2,1H3. The van der Waals surface area contributed by atoms with E-state index in [1.165, 1.54) is 10.9 Å². The quantitative estimate of drug-likeness (QED) is 0.799. The first-order valence-electron chi connectivity index (χ1n) is 10.1. The van der Waals surface area contributed by atoms with Crippen LogP contribution in [0.1, 0.15) is 25.7 Å². The van der Waals surface area contributed by atoms with Gasteiger partial charge in [-0.15, -0.1) is 0 Å². The number of piperidine rings is 2. The van der Waals surface area contributed by atoms with E-state index < -0.39 is 0 Å². The van der Waals surface area contributed by atoms with Crippen molar-refractivity contribution in [3.8, 4) is 0 Å². The summed E-state index contributed by atoms with van der Waals surface area (Å²) in [7, 11) is 1.79. The maximum absolute atomic E-state index is 12.7. The van der Waals surface area contributed by atoms with Crippen LogP contribution in [0, 0.1) is 0 Å². The first-order chi connectivity index (χ1) is 13.7. The number of nitrogens with zero attached hydrogens (tertiary/aromatic N) is 4. The predicted octanol–water partition coefficient (Wildman–Crippen LogP) is 1.50. The lowest BCUT2D eigenvalue weighted by atomic mass is 9.99. The van der Waals surface area contributed by atoms with Crippen LogP contribution in [0.4, 0.5) is 0 Å². The molecular formula is C21H28N4O3. The molecule has 3 heterocycles. The molecule has 150 valence electrons. The highest BCUT2D eigenvalue weighted by atomic mass is 16.5. The minimum absolute atomic E-state index is 0.00396. The van der Waals surface area contributed by atoms with Gasteiger partial charge in [-0.1, -0.05) is 12.1 Å². The molecule has 2 aromatic rings. The number of para-hydroxylation sites is 1. The molecule has 2 saturated heterocycles. The van der Waals surface area contributed by atoms with Crippen molar-refractivity contribution in [3.05, 3.63) is 40.9 Å². The number of rotatable bonds is 4. The van der Waals surface area contributed by atoms with Crippen molar-refractivity contribution in [1.29, 1.82) is 0 Å². The summed E-state index contributed by atoms with van der Waals surface area (Å²) in [6.07, 6.45) is 6.05. The molecule has 0 unspecified atom stereocenters.